The molecule has 1 aliphatic rings. The van der Waals surface area contributed by atoms with E-state index in [1.807, 2.05) is 43.3 Å². The number of fused-ring (bicyclic) bond motifs is 3. The van der Waals surface area contributed by atoms with Gasteiger partial charge in [-0.25, -0.2) is 4.52 Å². The monoisotopic (exact) mass is 418 g/mol. The Hall–Kier alpha value is -3.25. The van der Waals surface area contributed by atoms with E-state index >= 15 is 0 Å². The van der Waals surface area contributed by atoms with Crippen molar-refractivity contribution in [3.8, 4) is 16.9 Å². The molecule has 1 aliphatic carbocycles. The van der Waals surface area contributed by atoms with Crippen molar-refractivity contribution in [2.24, 2.45) is 0 Å². The number of phenolic OH excluding ortho intramolecular Hbond substituents is 1. The minimum Gasteiger partial charge on any atom is -0.508 e. The van der Waals surface area contributed by atoms with Crippen LogP contribution in [-0.4, -0.2) is 30.7 Å². The summed E-state index contributed by atoms with van der Waals surface area (Å²) in [6.07, 6.45) is 1.55. The number of hydrogen-bond donors (Lipinski definition) is 1. The maximum absolute atomic E-state index is 12.9. The molecule has 1 N–H and O–H groups in total. The van der Waals surface area contributed by atoms with E-state index < -0.39 is 0 Å². The molecule has 6 nitrogen and oxygen atoms in total. The van der Waals surface area contributed by atoms with Crippen LogP contribution >= 0.6 is 11.6 Å². The van der Waals surface area contributed by atoms with Gasteiger partial charge in [0.1, 0.15) is 5.75 Å². The average Bonchev–Trinajstić information content (AvgIpc) is 3.14. The highest BCUT2D eigenvalue weighted by Crippen LogP contribution is 2.37. The predicted octanol–water partition coefficient (Wildman–Crippen LogP) is 4.63. The average molecular weight is 419 g/mol. The first kappa shape index (κ1) is 18.8. The van der Waals surface area contributed by atoms with Crippen LogP contribution in [0.25, 0.3) is 16.8 Å². The van der Waals surface area contributed by atoms with Gasteiger partial charge in [0.05, 0.1) is 17.0 Å². The first-order valence-electron chi connectivity index (χ1n) is 9.91. The number of para-hydroxylation sites is 1. The van der Waals surface area contributed by atoms with Crippen molar-refractivity contribution >= 4 is 23.0 Å². The zero-order valence-corrected chi connectivity index (χ0v) is 17.1. The number of nitrogens with zero attached hydrogens (tertiary/aromatic N) is 4. The topological polar surface area (TPSA) is 80.4 Å². The summed E-state index contributed by atoms with van der Waals surface area (Å²) in [6, 6.07) is 14.7. The molecule has 0 radical (unpaired) electrons. The Kier molecular flexibility index (Phi) is 4.51. The molecular formula is C23H19ClN4O2. The van der Waals surface area contributed by atoms with Crippen LogP contribution in [0.4, 0.5) is 0 Å². The smallest absolute Gasteiger partial charge is 0.185 e. The van der Waals surface area contributed by atoms with Gasteiger partial charge in [0.15, 0.2) is 17.1 Å². The van der Waals surface area contributed by atoms with Crippen molar-refractivity contribution in [1.82, 2.24) is 19.8 Å². The first-order chi connectivity index (χ1) is 14.6. The number of ketones is 1. The van der Waals surface area contributed by atoms with Crippen LogP contribution in [0.5, 0.6) is 5.75 Å². The van der Waals surface area contributed by atoms with Crippen molar-refractivity contribution in [3.63, 3.8) is 0 Å². The fourth-order valence-corrected chi connectivity index (χ4v) is 4.35. The van der Waals surface area contributed by atoms with Gasteiger partial charge >= 0.3 is 0 Å². The molecule has 2 aromatic heterocycles. The molecule has 0 saturated carbocycles. The van der Waals surface area contributed by atoms with Crippen molar-refractivity contribution in [2.45, 2.75) is 32.1 Å². The molecule has 2 heterocycles. The molecule has 1 atom stereocenters. The molecular weight excluding hydrogens is 400 g/mol. The van der Waals surface area contributed by atoms with Crippen molar-refractivity contribution in [2.75, 3.05) is 0 Å². The van der Waals surface area contributed by atoms with E-state index in [0.717, 1.165) is 28.1 Å². The molecule has 0 saturated heterocycles. The Labute approximate surface area is 178 Å². The quantitative estimate of drug-likeness (QED) is 0.524. The number of Topliss-reactive ketones (excluding diaryl/α,β-unsaturated/α-hetero) is 1. The van der Waals surface area contributed by atoms with Crippen LogP contribution < -0.4 is 0 Å². The Morgan fingerprint density at radius 3 is 2.60 bits per heavy atom. The molecule has 1 unspecified atom stereocenters. The zero-order chi connectivity index (χ0) is 20.8. The van der Waals surface area contributed by atoms with E-state index in [9.17, 15) is 9.90 Å². The number of hydrogen-bond acceptors (Lipinski definition) is 5. The maximum atomic E-state index is 12.9. The summed E-state index contributed by atoms with van der Waals surface area (Å²) in [6.45, 7) is 2.04. The lowest BCUT2D eigenvalue weighted by atomic mass is 9.83. The first-order valence-corrected chi connectivity index (χ1v) is 10.3. The largest absolute Gasteiger partial charge is 0.508 e. The molecule has 0 aliphatic heterocycles. The van der Waals surface area contributed by atoms with Gasteiger partial charge in [-0.05, 0) is 42.2 Å². The summed E-state index contributed by atoms with van der Waals surface area (Å²) in [7, 11) is 0. The number of carbonyl (C=O) groups excluding carboxylic acids is 1. The van der Waals surface area contributed by atoms with Crippen LogP contribution in [0.1, 0.15) is 46.7 Å². The molecule has 0 bridgehead atoms. The summed E-state index contributed by atoms with van der Waals surface area (Å²) in [4.78, 5) is 12.9. The Morgan fingerprint density at radius 1 is 1.10 bits per heavy atom. The molecule has 4 aromatic rings. The van der Waals surface area contributed by atoms with E-state index in [2.05, 4.69) is 10.2 Å². The molecule has 0 amide bonds. The van der Waals surface area contributed by atoms with Gasteiger partial charge in [-0.2, -0.15) is 5.10 Å². The standard InChI is InChI=1S/C23H19ClN4O2/c1-2-17-21(13-7-9-15(24)10-8-13)23-26-25-22-18(28(23)27-17)11-14(12-20(22)30)16-5-3-4-6-19(16)29/h3-10,14,29H,2,11-12H2,1H3. The lowest BCUT2D eigenvalue weighted by molar-refractivity contribution is 0.0955. The number of benzene rings is 2. The molecule has 2 aromatic carbocycles. The van der Waals surface area contributed by atoms with Gasteiger partial charge in [-0.15, -0.1) is 10.2 Å². The van der Waals surface area contributed by atoms with Crippen molar-refractivity contribution in [3.05, 3.63) is 76.2 Å². The maximum Gasteiger partial charge on any atom is 0.185 e. The summed E-state index contributed by atoms with van der Waals surface area (Å²) in [5.41, 5.74) is 5.24. The summed E-state index contributed by atoms with van der Waals surface area (Å²) >= 11 is 6.06. The van der Waals surface area contributed by atoms with Gasteiger partial charge in [0.25, 0.3) is 0 Å². The van der Waals surface area contributed by atoms with Gasteiger partial charge in [-0.1, -0.05) is 48.9 Å². The van der Waals surface area contributed by atoms with E-state index in [1.54, 1.807) is 16.6 Å². The zero-order valence-electron chi connectivity index (χ0n) is 16.3. The number of aromatic nitrogens is 4. The SMILES string of the molecule is CCc1nn2c3c(nnc2c1-c1ccc(Cl)cc1)C(=O)CC(c1ccccc1O)C3. The van der Waals surface area contributed by atoms with Crippen LogP contribution in [0, 0.1) is 0 Å². The predicted molar refractivity (Wildman–Crippen MR) is 114 cm³/mol. The summed E-state index contributed by atoms with van der Waals surface area (Å²) in [5.74, 6) is -0.0130. The third kappa shape index (κ3) is 2.95. The van der Waals surface area contributed by atoms with Crippen LogP contribution in [0.2, 0.25) is 5.02 Å². The molecule has 30 heavy (non-hydrogen) atoms. The number of halogens is 1. The number of phenols is 1. The number of aryl methyl sites for hydroxylation is 1. The van der Waals surface area contributed by atoms with Crippen molar-refractivity contribution in [1.29, 1.82) is 0 Å². The van der Waals surface area contributed by atoms with Crippen LogP contribution in [-0.2, 0) is 12.8 Å². The van der Waals surface area contributed by atoms with Crippen LogP contribution in [0.3, 0.4) is 0 Å². The van der Waals surface area contributed by atoms with Gasteiger partial charge in [0.2, 0.25) is 0 Å². The lowest BCUT2D eigenvalue weighted by Crippen LogP contribution is -2.24. The Balaban J connectivity index is 1.69. The van der Waals surface area contributed by atoms with Crippen LogP contribution in [0.15, 0.2) is 48.5 Å². The fraction of sp³-hybridized carbons (Fsp3) is 0.217. The second-order valence-corrected chi connectivity index (χ2v) is 7.94. The van der Waals surface area contributed by atoms with Gasteiger partial charge in [0, 0.05) is 17.4 Å². The normalized spacial score (nSPS) is 16.1. The minimum atomic E-state index is -0.133. The second kappa shape index (κ2) is 7.22. The molecule has 0 spiro atoms. The second-order valence-electron chi connectivity index (χ2n) is 7.50. The van der Waals surface area contributed by atoms with E-state index in [0.29, 0.717) is 29.2 Å². The van der Waals surface area contributed by atoms with E-state index in [-0.39, 0.29) is 23.9 Å². The number of aromatic hydroxyl groups is 1. The molecule has 5 rings (SSSR count). The van der Waals surface area contributed by atoms with Gasteiger partial charge in [-0.3, -0.25) is 4.79 Å². The number of carbonyl (C=O) groups is 1. The highest BCUT2D eigenvalue weighted by Gasteiger charge is 2.32. The Morgan fingerprint density at radius 2 is 1.87 bits per heavy atom. The van der Waals surface area contributed by atoms with E-state index in [4.69, 9.17) is 16.7 Å². The van der Waals surface area contributed by atoms with Gasteiger partial charge < -0.3 is 5.11 Å². The molecule has 0 fully saturated rings. The fourth-order valence-electron chi connectivity index (χ4n) is 4.23. The third-order valence-electron chi connectivity index (χ3n) is 5.69. The Bertz CT molecular complexity index is 1280. The minimum absolute atomic E-state index is 0.0829. The molecule has 150 valence electrons. The highest BCUT2D eigenvalue weighted by atomic mass is 35.5. The van der Waals surface area contributed by atoms with Crippen molar-refractivity contribution < 1.29 is 9.90 Å². The summed E-state index contributed by atoms with van der Waals surface area (Å²) in [5, 5.41) is 24.4. The highest BCUT2D eigenvalue weighted by molar-refractivity contribution is 6.30. The lowest BCUT2D eigenvalue weighted by Gasteiger charge is -2.23. The number of rotatable bonds is 3. The van der Waals surface area contributed by atoms with E-state index in [1.165, 1.54) is 0 Å². The molecule has 7 heteroatoms. The summed E-state index contributed by atoms with van der Waals surface area (Å²) < 4.78 is 1.76. The third-order valence-corrected chi connectivity index (χ3v) is 5.94.